The number of ether oxygens (including phenoxy) is 1. The number of halogens is 2. The summed E-state index contributed by atoms with van der Waals surface area (Å²) in [6, 6.07) is 13.3. The van der Waals surface area contributed by atoms with Crippen LogP contribution in [0.25, 0.3) is 11.4 Å². The fourth-order valence-electron chi connectivity index (χ4n) is 2.32. The van der Waals surface area contributed by atoms with E-state index in [1.807, 2.05) is 42.5 Å². The molecule has 1 heterocycles. The molecule has 0 saturated heterocycles. The van der Waals surface area contributed by atoms with Crippen molar-refractivity contribution in [3.8, 4) is 17.1 Å². The highest BCUT2D eigenvalue weighted by molar-refractivity contribution is 14.1. The highest BCUT2D eigenvalue weighted by atomic mass is 127. The van der Waals surface area contributed by atoms with Gasteiger partial charge in [-0.2, -0.15) is 9.90 Å². The third kappa shape index (κ3) is 6.06. The molecule has 8 nitrogen and oxygen atoms in total. The molecule has 0 aliphatic carbocycles. The van der Waals surface area contributed by atoms with Gasteiger partial charge in [0.1, 0.15) is 18.9 Å². The zero-order valence-corrected chi connectivity index (χ0v) is 19.4. The minimum Gasteiger partial charge on any atom is -0.488 e. The molecule has 0 aliphatic heterocycles. The van der Waals surface area contributed by atoms with Gasteiger partial charge in [0.2, 0.25) is 5.82 Å². The van der Waals surface area contributed by atoms with Crippen LogP contribution in [0.5, 0.6) is 5.75 Å². The van der Waals surface area contributed by atoms with Crippen molar-refractivity contribution in [3.05, 3.63) is 67.8 Å². The van der Waals surface area contributed by atoms with Crippen molar-refractivity contribution in [1.82, 2.24) is 25.6 Å². The molecule has 1 amide bonds. The standard InChI is InChI=1S/C19H16I2N6O2/c1-2-8-29-18-14(9-15(20)10-16(18)21)11-22-23-17(28)12-27-25-19(24-26-27)13-6-4-3-5-7-13/h2-7,9-11H,1,8,12H2,(H,23,28)/b22-11-. The second-order valence-electron chi connectivity index (χ2n) is 5.71. The number of nitrogens with zero attached hydrogens (tertiary/aromatic N) is 5. The number of amides is 1. The maximum Gasteiger partial charge on any atom is 0.263 e. The van der Waals surface area contributed by atoms with Gasteiger partial charge in [-0.3, -0.25) is 4.79 Å². The fourth-order valence-corrected chi connectivity index (χ4v) is 4.37. The first-order valence-electron chi connectivity index (χ1n) is 8.44. The average molecular weight is 614 g/mol. The number of nitrogens with one attached hydrogen (secondary N) is 1. The zero-order chi connectivity index (χ0) is 20.6. The van der Waals surface area contributed by atoms with Crippen LogP contribution in [0.2, 0.25) is 0 Å². The van der Waals surface area contributed by atoms with Gasteiger partial charge in [-0.1, -0.05) is 43.0 Å². The van der Waals surface area contributed by atoms with Crippen molar-refractivity contribution >= 4 is 57.3 Å². The Hall–Kier alpha value is -2.35. The molecule has 3 rings (SSSR count). The third-order valence-electron chi connectivity index (χ3n) is 3.55. The van der Waals surface area contributed by atoms with E-state index in [0.717, 1.165) is 18.3 Å². The second-order valence-corrected chi connectivity index (χ2v) is 8.12. The van der Waals surface area contributed by atoms with Gasteiger partial charge in [-0.05, 0) is 62.5 Å². The predicted octanol–water partition coefficient (Wildman–Crippen LogP) is 3.26. The Labute approximate surface area is 194 Å². The molecule has 10 heteroatoms. The molecule has 0 unspecified atom stereocenters. The smallest absolute Gasteiger partial charge is 0.263 e. The van der Waals surface area contributed by atoms with Crippen molar-refractivity contribution in [3.63, 3.8) is 0 Å². The summed E-state index contributed by atoms with van der Waals surface area (Å²) in [5, 5.41) is 16.1. The van der Waals surface area contributed by atoms with E-state index in [9.17, 15) is 4.79 Å². The summed E-state index contributed by atoms with van der Waals surface area (Å²) in [4.78, 5) is 13.4. The first kappa shape index (κ1) is 21.4. The van der Waals surface area contributed by atoms with Crippen LogP contribution in [0.4, 0.5) is 0 Å². The van der Waals surface area contributed by atoms with Gasteiger partial charge in [0.15, 0.2) is 0 Å². The topological polar surface area (TPSA) is 94.3 Å². The summed E-state index contributed by atoms with van der Waals surface area (Å²) in [5.41, 5.74) is 4.06. The van der Waals surface area contributed by atoms with Gasteiger partial charge < -0.3 is 4.74 Å². The maximum absolute atomic E-state index is 12.1. The van der Waals surface area contributed by atoms with E-state index < -0.39 is 0 Å². The largest absolute Gasteiger partial charge is 0.488 e. The van der Waals surface area contributed by atoms with Crippen LogP contribution in [0.15, 0.2) is 60.2 Å². The Balaban J connectivity index is 1.63. The highest BCUT2D eigenvalue weighted by Gasteiger charge is 2.10. The van der Waals surface area contributed by atoms with Crippen LogP contribution in [-0.2, 0) is 11.3 Å². The number of carbonyl (C=O) groups is 1. The lowest BCUT2D eigenvalue weighted by atomic mass is 10.2. The summed E-state index contributed by atoms with van der Waals surface area (Å²) >= 11 is 4.42. The number of rotatable bonds is 8. The SMILES string of the molecule is C=CCOc1c(I)cc(I)cc1/C=N\NC(=O)Cn1nnc(-c2ccccc2)n1. The number of benzene rings is 2. The van der Waals surface area contributed by atoms with Crippen LogP contribution in [0, 0.1) is 7.14 Å². The van der Waals surface area contributed by atoms with Gasteiger partial charge >= 0.3 is 0 Å². The van der Waals surface area contributed by atoms with E-state index in [0.29, 0.717) is 18.2 Å². The van der Waals surface area contributed by atoms with Gasteiger partial charge in [0, 0.05) is 14.7 Å². The Morgan fingerprint density at radius 1 is 1.28 bits per heavy atom. The summed E-state index contributed by atoms with van der Waals surface area (Å²) < 4.78 is 7.69. The van der Waals surface area contributed by atoms with E-state index in [2.05, 4.69) is 77.7 Å². The number of hydrazone groups is 1. The van der Waals surface area contributed by atoms with Gasteiger partial charge in [0.05, 0.1) is 9.78 Å². The fraction of sp³-hybridized carbons (Fsp3) is 0.105. The van der Waals surface area contributed by atoms with Gasteiger partial charge in [-0.25, -0.2) is 5.43 Å². The van der Waals surface area contributed by atoms with E-state index in [1.54, 1.807) is 12.3 Å². The van der Waals surface area contributed by atoms with Gasteiger partial charge in [0.25, 0.3) is 5.91 Å². The van der Waals surface area contributed by atoms with E-state index in [-0.39, 0.29) is 12.5 Å². The number of hydrogen-bond donors (Lipinski definition) is 1. The Bertz CT molecular complexity index is 1040. The van der Waals surface area contributed by atoms with Crippen molar-refractivity contribution in [2.45, 2.75) is 6.54 Å². The first-order chi connectivity index (χ1) is 14.1. The molecule has 0 atom stereocenters. The van der Waals surface area contributed by atoms with E-state index in [1.165, 1.54) is 4.80 Å². The quantitative estimate of drug-likeness (QED) is 0.182. The summed E-state index contributed by atoms with van der Waals surface area (Å²) in [6.07, 6.45) is 3.22. The molecular weight excluding hydrogens is 598 g/mol. The monoisotopic (exact) mass is 614 g/mol. The number of hydrogen-bond acceptors (Lipinski definition) is 6. The molecule has 2 aromatic carbocycles. The first-order valence-corrected chi connectivity index (χ1v) is 10.6. The average Bonchev–Trinajstić information content (AvgIpc) is 3.16. The molecule has 0 fully saturated rings. The number of aromatic nitrogens is 4. The molecular formula is C19H16I2N6O2. The van der Waals surface area contributed by atoms with Crippen LogP contribution in [0.3, 0.4) is 0 Å². The molecule has 148 valence electrons. The molecule has 0 spiro atoms. The van der Waals surface area contributed by atoms with Crippen LogP contribution in [0.1, 0.15) is 5.56 Å². The minimum absolute atomic E-state index is 0.0964. The molecule has 1 aromatic heterocycles. The van der Waals surface area contributed by atoms with Crippen molar-refractivity contribution in [2.24, 2.45) is 5.10 Å². The lowest BCUT2D eigenvalue weighted by Gasteiger charge is -2.10. The zero-order valence-electron chi connectivity index (χ0n) is 15.1. The normalized spacial score (nSPS) is 10.8. The summed E-state index contributed by atoms with van der Waals surface area (Å²) in [5.74, 6) is 0.779. The molecule has 0 bridgehead atoms. The summed E-state index contributed by atoms with van der Waals surface area (Å²) in [6.45, 7) is 3.94. The molecule has 0 aliphatic rings. The Kier molecular flexibility index (Phi) is 7.69. The molecule has 3 aromatic rings. The van der Waals surface area contributed by atoms with E-state index in [4.69, 9.17) is 4.74 Å². The second kappa shape index (κ2) is 10.4. The predicted molar refractivity (Wildman–Crippen MR) is 127 cm³/mol. The summed E-state index contributed by atoms with van der Waals surface area (Å²) in [7, 11) is 0. The van der Waals surface area contributed by atoms with Crippen LogP contribution >= 0.6 is 45.2 Å². The molecule has 29 heavy (non-hydrogen) atoms. The molecule has 0 saturated carbocycles. The number of carbonyl (C=O) groups excluding carboxylic acids is 1. The Morgan fingerprint density at radius 2 is 2.07 bits per heavy atom. The molecule has 1 N–H and O–H groups in total. The highest BCUT2D eigenvalue weighted by Crippen LogP contribution is 2.27. The Morgan fingerprint density at radius 3 is 2.83 bits per heavy atom. The lowest BCUT2D eigenvalue weighted by Crippen LogP contribution is -2.24. The number of tetrazole rings is 1. The van der Waals surface area contributed by atoms with Crippen molar-refractivity contribution < 1.29 is 9.53 Å². The van der Waals surface area contributed by atoms with Crippen molar-refractivity contribution in [1.29, 1.82) is 0 Å². The molecule has 0 radical (unpaired) electrons. The van der Waals surface area contributed by atoms with Gasteiger partial charge in [-0.15, -0.1) is 10.2 Å². The van der Waals surface area contributed by atoms with Crippen molar-refractivity contribution in [2.75, 3.05) is 6.61 Å². The third-order valence-corrected chi connectivity index (χ3v) is 4.97. The van der Waals surface area contributed by atoms with Crippen LogP contribution < -0.4 is 10.2 Å². The van der Waals surface area contributed by atoms with E-state index >= 15 is 0 Å². The maximum atomic E-state index is 12.1. The lowest BCUT2D eigenvalue weighted by molar-refractivity contribution is -0.122. The van der Waals surface area contributed by atoms with Crippen LogP contribution in [-0.4, -0.2) is 38.9 Å². The minimum atomic E-state index is -0.368.